The number of benzene rings is 1. The van der Waals surface area contributed by atoms with Crippen LogP contribution in [0, 0.1) is 23.7 Å². The molecule has 0 radical (unpaired) electrons. The Bertz CT molecular complexity index is 1200. The summed E-state index contributed by atoms with van der Waals surface area (Å²) in [5.74, 6) is -2.08. The molecule has 1 aromatic carbocycles. The Morgan fingerprint density at radius 1 is 0.735 bits per heavy atom. The van der Waals surface area contributed by atoms with E-state index in [1.165, 1.54) is 0 Å². The third-order valence-corrected chi connectivity index (χ3v) is 9.20. The van der Waals surface area contributed by atoms with E-state index in [1.807, 2.05) is 71.9 Å². The molecule has 1 saturated carbocycles. The van der Waals surface area contributed by atoms with E-state index in [9.17, 15) is 29.1 Å². The van der Waals surface area contributed by atoms with Gasteiger partial charge in [0.15, 0.2) is 0 Å². The Balaban J connectivity index is 2.21. The molecule has 1 aromatic rings. The van der Waals surface area contributed by atoms with Crippen molar-refractivity contribution < 1.29 is 29.1 Å². The Hall–Kier alpha value is -3.47. The van der Waals surface area contributed by atoms with E-state index < -0.39 is 48.0 Å². The zero-order valence-electron chi connectivity index (χ0n) is 31.0. The summed E-state index contributed by atoms with van der Waals surface area (Å²) in [6.45, 7) is 15.3. The molecule has 11 heteroatoms. The second kappa shape index (κ2) is 20.9. The first-order chi connectivity index (χ1) is 23.1. The van der Waals surface area contributed by atoms with Crippen molar-refractivity contribution in [3.05, 3.63) is 35.9 Å². The summed E-state index contributed by atoms with van der Waals surface area (Å²) >= 11 is 0. The number of carbonyl (C=O) groups excluding carboxylic acids is 5. The molecule has 0 bridgehead atoms. The van der Waals surface area contributed by atoms with E-state index in [0.717, 1.165) is 31.2 Å². The number of amides is 5. The van der Waals surface area contributed by atoms with Crippen LogP contribution < -0.4 is 26.6 Å². The normalized spacial score (nSPS) is 17.1. The summed E-state index contributed by atoms with van der Waals surface area (Å²) in [7, 11) is 0. The molecular formula is C38H63N5O6. The zero-order chi connectivity index (χ0) is 36.7. The maximum Gasteiger partial charge on any atom is 0.243 e. The molecule has 5 amide bonds. The van der Waals surface area contributed by atoms with E-state index in [0.29, 0.717) is 12.8 Å². The minimum atomic E-state index is -1.29. The Labute approximate surface area is 293 Å². The van der Waals surface area contributed by atoms with Gasteiger partial charge in [0.05, 0.1) is 18.6 Å². The van der Waals surface area contributed by atoms with Crippen LogP contribution in [0.1, 0.15) is 112 Å². The van der Waals surface area contributed by atoms with Crippen molar-refractivity contribution in [2.45, 2.75) is 149 Å². The third kappa shape index (κ3) is 14.9. The highest BCUT2D eigenvalue weighted by Gasteiger charge is 2.34. The highest BCUT2D eigenvalue weighted by molar-refractivity contribution is 5.92. The molecule has 6 N–H and O–H groups in total. The number of hydrogen-bond acceptors (Lipinski definition) is 6. The van der Waals surface area contributed by atoms with E-state index >= 15 is 0 Å². The Kier molecular flexibility index (Phi) is 17.8. The molecule has 1 aliphatic rings. The van der Waals surface area contributed by atoms with Gasteiger partial charge in [-0.1, -0.05) is 105 Å². The Morgan fingerprint density at radius 2 is 1.35 bits per heavy atom. The molecule has 11 nitrogen and oxygen atoms in total. The fourth-order valence-corrected chi connectivity index (χ4v) is 6.17. The van der Waals surface area contributed by atoms with Crippen molar-refractivity contribution >= 4 is 29.5 Å². The molecule has 1 fully saturated rings. The lowest BCUT2D eigenvalue weighted by Crippen LogP contribution is -2.58. The molecule has 1 aliphatic carbocycles. The molecule has 0 spiro atoms. The topological polar surface area (TPSA) is 166 Å². The van der Waals surface area contributed by atoms with Gasteiger partial charge in [-0.25, -0.2) is 0 Å². The quantitative estimate of drug-likeness (QED) is 0.122. The molecule has 276 valence electrons. The number of aliphatic hydroxyl groups excluding tert-OH is 1. The van der Waals surface area contributed by atoms with Gasteiger partial charge >= 0.3 is 0 Å². The Morgan fingerprint density at radius 3 is 1.90 bits per heavy atom. The maximum atomic E-state index is 13.8. The van der Waals surface area contributed by atoms with Crippen LogP contribution in [0.25, 0.3) is 0 Å². The molecule has 6 atom stereocenters. The SMILES string of the molecule is CC[C@H](C)[C@H](NC(=O)C[C@H](O)[C@H](Cc1ccccc1)NC(=O)[C@@H](NC(=O)[C@H](CC(C)C)NC(=O)CC(C)C)C(C)C)C(=O)NC1CCCC1. The van der Waals surface area contributed by atoms with Crippen LogP contribution >= 0.6 is 0 Å². The number of carbonyl (C=O) groups is 5. The van der Waals surface area contributed by atoms with Crippen LogP contribution in [0.3, 0.4) is 0 Å². The summed E-state index contributed by atoms with van der Waals surface area (Å²) in [6.07, 6.45) is 3.98. The van der Waals surface area contributed by atoms with Crippen LogP contribution in [0.2, 0.25) is 0 Å². The van der Waals surface area contributed by atoms with E-state index in [-0.39, 0.29) is 60.8 Å². The smallest absolute Gasteiger partial charge is 0.243 e. The van der Waals surface area contributed by atoms with Gasteiger partial charge in [0, 0.05) is 12.5 Å². The molecule has 49 heavy (non-hydrogen) atoms. The summed E-state index contributed by atoms with van der Waals surface area (Å²) in [5.41, 5.74) is 0.843. The largest absolute Gasteiger partial charge is 0.390 e. The van der Waals surface area contributed by atoms with Gasteiger partial charge in [-0.3, -0.25) is 24.0 Å². The van der Waals surface area contributed by atoms with Crippen molar-refractivity contribution in [3.63, 3.8) is 0 Å². The number of hydrogen-bond donors (Lipinski definition) is 6. The number of rotatable bonds is 20. The van der Waals surface area contributed by atoms with Crippen LogP contribution in [-0.4, -0.2) is 71.0 Å². The summed E-state index contributed by atoms with van der Waals surface area (Å²) in [4.78, 5) is 66.4. The van der Waals surface area contributed by atoms with Gasteiger partial charge in [0.25, 0.3) is 0 Å². The lowest BCUT2D eigenvalue weighted by Gasteiger charge is -2.30. The van der Waals surface area contributed by atoms with Crippen molar-refractivity contribution in [3.8, 4) is 0 Å². The van der Waals surface area contributed by atoms with E-state index in [1.54, 1.807) is 13.8 Å². The predicted octanol–water partition coefficient (Wildman–Crippen LogP) is 3.77. The molecule has 0 unspecified atom stereocenters. The zero-order valence-corrected chi connectivity index (χ0v) is 31.0. The molecular weight excluding hydrogens is 622 g/mol. The molecule has 0 saturated heterocycles. The van der Waals surface area contributed by atoms with Crippen molar-refractivity contribution in [2.24, 2.45) is 23.7 Å². The summed E-state index contributed by atoms with van der Waals surface area (Å²) in [6, 6.07) is 6.05. The fraction of sp³-hybridized carbons (Fsp3) is 0.711. The van der Waals surface area contributed by atoms with Crippen LogP contribution in [0.4, 0.5) is 0 Å². The van der Waals surface area contributed by atoms with Crippen molar-refractivity contribution in [1.29, 1.82) is 0 Å². The van der Waals surface area contributed by atoms with Crippen LogP contribution in [0.15, 0.2) is 30.3 Å². The average Bonchev–Trinajstić information content (AvgIpc) is 3.53. The summed E-state index contributed by atoms with van der Waals surface area (Å²) < 4.78 is 0. The molecule has 2 rings (SSSR count). The van der Waals surface area contributed by atoms with Crippen LogP contribution in [0.5, 0.6) is 0 Å². The second-order valence-electron chi connectivity index (χ2n) is 15.1. The summed E-state index contributed by atoms with van der Waals surface area (Å²) in [5, 5.41) is 25.9. The van der Waals surface area contributed by atoms with Crippen LogP contribution in [-0.2, 0) is 30.4 Å². The van der Waals surface area contributed by atoms with Crippen molar-refractivity contribution in [1.82, 2.24) is 26.6 Å². The van der Waals surface area contributed by atoms with Crippen molar-refractivity contribution in [2.75, 3.05) is 0 Å². The van der Waals surface area contributed by atoms with Gasteiger partial charge in [-0.05, 0) is 54.9 Å². The first-order valence-electron chi connectivity index (χ1n) is 18.3. The van der Waals surface area contributed by atoms with Gasteiger partial charge in [0.2, 0.25) is 29.5 Å². The van der Waals surface area contributed by atoms with E-state index in [4.69, 9.17) is 0 Å². The van der Waals surface area contributed by atoms with Gasteiger partial charge in [-0.2, -0.15) is 0 Å². The highest BCUT2D eigenvalue weighted by Crippen LogP contribution is 2.19. The second-order valence-corrected chi connectivity index (χ2v) is 15.1. The lowest BCUT2D eigenvalue weighted by atomic mass is 9.95. The number of nitrogens with one attached hydrogen (secondary N) is 5. The third-order valence-electron chi connectivity index (χ3n) is 9.20. The van der Waals surface area contributed by atoms with Gasteiger partial charge < -0.3 is 31.7 Å². The van der Waals surface area contributed by atoms with E-state index in [2.05, 4.69) is 26.6 Å². The lowest BCUT2D eigenvalue weighted by molar-refractivity contribution is -0.134. The minimum absolute atomic E-state index is 0.110. The minimum Gasteiger partial charge on any atom is -0.390 e. The molecule has 0 heterocycles. The van der Waals surface area contributed by atoms with Gasteiger partial charge in [-0.15, -0.1) is 0 Å². The predicted molar refractivity (Wildman–Crippen MR) is 192 cm³/mol. The highest BCUT2D eigenvalue weighted by atomic mass is 16.3. The first-order valence-corrected chi connectivity index (χ1v) is 18.3. The number of aliphatic hydroxyl groups is 1. The maximum absolute atomic E-state index is 13.8. The molecule has 0 aliphatic heterocycles. The standard InChI is InChI=1S/C38H63N5O6/c1-9-26(8)35(38(49)39-28-17-13-14-18-28)42-33(46)22-31(44)29(21-27-15-11-10-12-16-27)41-37(48)34(25(6)7)43-36(47)30(19-23(2)3)40-32(45)20-24(4)5/h10-12,15-16,23-26,28-31,34-35,44H,9,13-14,17-22H2,1-8H3,(H,39,49)(H,40,45)(H,41,48)(H,42,46)(H,43,47)/t26-,29-,30-,31-,34-,35-/m0/s1. The monoisotopic (exact) mass is 685 g/mol. The fourth-order valence-electron chi connectivity index (χ4n) is 6.17. The van der Waals surface area contributed by atoms with Gasteiger partial charge in [0.1, 0.15) is 18.1 Å². The molecule has 0 aromatic heterocycles. The first kappa shape index (κ1) is 41.7. The average molecular weight is 686 g/mol.